The topological polar surface area (TPSA) is 62.4 Å². The molecule has 0 amide bonds. The summed E-state index contributed by atoms with van der Waals surface area (Å²) >= 11 is 0. The van der Waals surface area contributed by atoms with Crippen molar-refractivity contribution < 1.29 is 5.11 Å². The Morgan fingerprint density at radius 1 is 1.53 bits per heavy atom. The smallest absolute Gasteiger partial charge is 0.0572 e. The molecule has 0 saturated carbocycles. The van der Waals surface area contributed by atoms with Gasteiger partial charge < -0.3 is 15.7 Å². The molecule has 3 N–H and O–H groups in total. The fourth-order valence-corrected chi connectivity index (χ4v) is 2.73. The number of hydrogen-bond donors (Lipinski definition) is 2. The molecule has 1 aromatic heterocycles. The second-order valence-corrected chi connectivity index (χ2v) is 5.42. The van der Waals surface area contributed by atoms with Crippen molar-refractivity contribution in [2.45, 2.75) is 38.6 Å². The first-order valence-electron chi connectivity index (χ1n) is 7.32. The van der Waals surface area contributed by atoms with Crippen molar-refractivity contribution in [1.29, 1.82) is 0 Å². The summed E-state index contributed by atoms with van der Waals surface area (Å²) < 4.78 is 0. The second kappa shape index (κ2) is 6.87. The maximum Gasteiger partial charge on any atom is 0.0572 e. The van der Waals surface area contributed by atoms with E-state index in [4.69, 9.17) is 10.8 Å². The van der Waals surface area contributed by atoms with E-state index in [0.29, 0.717) is 12.5 Å². The summed E-state index contributed by atoms with van der Waals surface area (Å²) in [5.74, 6) is 0.608. The summed E-state index contributed by atoms with van der Waals surface area (Å²) in [6.07, 6.45) is 6.17. The number of aromatic nitrogens is 1. The molecule has 0 aromatic carbocycles. The van der Waals surface area contributed by atoms with Crippen LogP contribution in [0.5, 0.6) is 0 Å². The molecule has 4 heteroatoms. The Bertz CT molecular complexity index is 377. The zero-order valence-electron chi connectivity index (χ0n) is 11.8. The molecule has 0 bridgehead atoms. The van der Waals surface area contributed by atoms with Crippen LogP contribution in [0.15, 0.2) is 18.3 Å². The Hall–Kier alpha value is -1.13. The van der Waals surface area contributed by atoms with E-state index in [9.17, 15) is 0 Å². The van der Waals surface area contributed by atoms with Crippen LogP contribution in [0, 0.1) is 5.92 Å². The highest BCUT2D eigenvalue weighted by atomic mass is 16.3. The van der Waals surface area contributed by atoms with E-state index < -0.39 is 0 Å². The van der Waals surface area contributed by atoms with Crippen molar-refractivity contribution in [1.82, 2.24) is 4.98 Å². The van der Waals surface area contributed by atoms with Crippen LogP contribution in [0.2, 0.25) is 0 Å². The zero-order valence-corrected chi connectivity index (χ0v) is 11.8. The van der Waals surface area contributed by atoms with Gasteiger partial charge in [-0.25, -0.2) is 0 Å². The summed E-state index contributed by atoms with van der Waals surface area (Å²) in [7, 11) is 0. The predicted octanol–water partition coefficient (Wildman–Crippen LogP) is 2.09. The van der Waals surface area contributed by atoms with Crippen molar-refractivity contribution in [3.8, 4) is 0 Å². The van der Waals surface area contributed by atoms with E-state index in [-0.39, 0.29) is 6.04 Å². The van der Waals surface area contributed by atoms with Gasteiger partial charge in [0.25, 0.3) is 0 Å². The molecule has 106 valence electrons. The quantitative estimate of drug-likeness (QED) is 0.854. The van der Waals surface area contributed by atoms with Gasteiger partial charge in [-0.1, -0.05) is 6.92 Å². The third-order valence-electron chi connectivity index (χ3n) is 4.01. The average molecular weight is 263 g/mol. The number of nitrogens with two attached hydrogens (primary N) is 1. The molecule has 2 rings (SSSR count). The maximum atomic E-state index is 9.06. The van der Waals surface area contributed by atoms with E-state index in [1.54, 1.807) is 0 Å². The van der Waals surface area contributed by atoms with Crippen LogP contribution in [-0.2, 0) is 0 Å². The molecule has 2 heterocycles. The van der Waals surface area contributed by atoms with Gasteiger partial charge in [0.05, 0.1) is 17.6 Å². The minimum Gasteiger partial charge on any atom is -0.396 e. The molecule has 0 radical (unpaired) electrons. The van der Waals surface area contributed by atoms with Crippen LogP contribution in [0.3, 0.4) is 0 Å². The van der Waals surface area contributed by atoms with E-state index in [2.05, 4.69) is 22.9 Å². The third kappa shape index (κ3) is 3.67. The Balaban J connectivity index is 2.01. The van der Waals surface area contributed by atoms with E-state index in [1.807, 2.05) is 12.3 Å². The molecular weight excluding hydrogens is 238 g/mol. The first kappa shape index (κ1) is 14.3. The Kier molecular flexibility index (Phi) is 5.16. The Morgan fingerprint density at radius 2 is 2.37 bits per heavy atom. The molecule has 0 aliphatic carbocycles. The van der Waals surface area contributed by atoms with Crippen molar-refractivity contribution in [3.05, 3.63) is 24.0 Å². The van der Waals surface area contributed by atoms with Gasteiger partial charge in [-0.3, -0.25) is 4.98 Å². The number of pyridine rings is 1. The van der Waals surface area contributed by atoms with Crippen molar-refractivity contribution in [3.63, 3.8) is 0 Å². The van der Waals surface area contributed by atoms with Crippen LogP contribution < -0.4 is 10.6 Å². The second-order valence-electron chi connectivity index (χ2n) is 5.42. The van der Waals surface area contributed by atoms with Gasteiger partial charge in [-0.2, -0.15) is 0 Å². The number of aliphatic hydroxyl groups excluding tert-OH is 1. The summed E-state index contributed by atoms with van der Waals surface area (Å²) in [5, 5.41) is 9.06. The first-order valence-corrected chi connectivity index (χ1v) is 7.32. The number of piperidine rings is 1. The molecular formula is C15H25N3O. The molecule has 1 saturated heterocycles. The van der Waals surface area contributed by atoms with E-state index >= 15 is 0 Å². The lowest BCUT2D eigenvalue weighted by molar-refractivity contribution is 0.244. The van der Waals surface area contributed by atoms with Crippen LogP contribution in [-0.4, -0.2) is 29.8 Å². The summed E-state index contributed by atoms with van der Waals surface area (Å²) in [6, 6.07) is 4.20. The fourth-order valence-electron chi connectivity index (χ4n) is 2.73. The highest BCUT2D eigenvalue weighted by Gasteiger charge is 2.20. The summed E-state index contributed by atoms with van der Waals surface area (Å²) in [5.41, 5.74) is 8.12. The van der Waals surface area contributed by atoms with Gasteiger partial charge in [-0.15, -0.1) is 0 Å². The molecule has 1 aromatic rings. The fraction of sp³-hybridized carbons (Fsp3) is 0.667. The summed E-state index contributed by atoms with van der Waals surface area (Å²) in [6.45, 7) is 4.48. The van der Waals surface area contributed by atoms with Gasteiger partial charge >= 0.3 is 0 Å². The highest BCUT2D eigenvalue weighted by molar-refractivity contribution is 5.45. The van der Waals surface area contributed by atoms with Gasteiger partial charge in [-0.05, 0) is 43.7 Å². The lowest BCUT2D eigenvalue weighted by atomic mass is 9.95. The van der Waals surface area contributed by atoms with Crippen molar-refractivity contribution in [2.24, 2.45) is 11.7 Å². The Morgan fingerprint density at radius 3 is 3.00 bits per heavy atom. The lowest BCUT2D eigenvalue weighted by Crippen LogP contribution is -2.35. The predicted molar refractivity (Wildman–Crippen MR) is 78.1 cm³/mol. The van der Waals surface area contributed by atoms with Crippen LogP contribution in [0.1, 0.15) is 44.3 Å². The molecule has 19 heavy (non-hydrogen) atoms. The molecule has 1 fully saturated rings. The molecule has 2 atom stereocenters. The molecule has 0 spiro atoms. The first-order chi connectivity index (χ1) is 9.24. The molecule has 1 aliphatic rings. The van der Waals surface area contributed by atoms with E-state index in [1.165, 1.54) is 18.5 Å². The minimum atomic E-state index is 0.0394. The SMILES string of the molecule is CC[C@@H](N)c1ccc(N2CCCC(CCO)C2)cn1. The number of aliphatic hydroxyl groups is 1. The third-order valence-corrected chi connectivity index (χ3v) is 4.01. The largest absolute Gasteiger partial charge is 0.396 e. The molecule has 1 unspecified atom stereocenters. The van der Waals surface area contributed by atoms with Gasteiger partial charge in [0.1, 0.15) is 0 Å². The van der Waals surface area contributed by atoms with Gasteiger partial charge in [0.2, 0.25) is 0 Å². The molecule has 1 aliphatic heterocycles. The summed E-state index contributed by atoms with van der Waals surface area (Å²) in [4.78, 5) is 6.85. The van der Waals surface area contributed by atoms with Crippen molar-refractivity contribution >= 4 is 5.69 Å². The molecule has 4 nitrogen and oxygen atoms in total. The Labute approximate surface area is 115 Å². The zero-order chi connectivity index (χ0) is 13.7. The maximum absolute atomic E-state index is 9.06. The van der Waals surface area contributed by atoms with Gasteiger partial charge in [0.15, 0.2) is 0 Å². The van der Waals surface area contributed by atoms with Gasteiger partial charge in [0, 0.05) is 25.7 Å². The van der Waals surface area contributed by atoms with Crippen LogP contribution in [0.25, 0.3) is 0 Å². The number of rotatable bonds is 5. The van der Waals surface area contributed by atoms with E-state index in [0.717, 1.165) is 31.6 Å². The van der Waals surface area contributed by atoms with Crippen LogP contribution in [0.4, 0.5) is 5.69 Å². The number of nitrogens with zero attached hydrogens (tertiary/aromatic N) is 2. The minimum absolute atomic E-state index is 0.0394. The number of hydrogen-bond acceptors (Lipinski definition) is 4. The standard InChI is InChI=1S/C15H25N3O/c1-2-14(16)15-6-5-13(10-17-15)18-8-3-4-12(11-18)7-9-19/h5-6,10,12,14,19H,2-4,7-9,11,16H2,1H3/t12?,14-/m1/s1. The van der Waals surface area contributed by atoms with Crippen LogP contribution >= 0.6 is 0 Å². The highest BCUT2D eigenvalue weighted by Crippen LogP contribution is 2.25. The monoisotopic (exact) mass is 263 g/mol. The number of anilines is 1. The van der Waals surface area contributed by atoms with Crippen molar-refractivity contribution in [2.75, 3.05) is 24.6 Å². The normalized spacial score (nSPS) is 21.4. The average Bonchev–Trinajstić information content (AvgIpc) is 2.47. The lowest BCUT2D eigenvalue weighted by Gasteiger charge is -2.34.